The van der Waals surface area contributed by atoms with Crippen molar-refractivity contribution in [3.63, 3.8) is 0 Å². The Bertz CT molecular complexity index is 623. The summed E-state index contributed by atoms with van der Waals surface area (Å²) in [5.41, 5.74) is 0.821. The highest BCUT2D eigenvalue weighted by Crippen LogP contribution is 2.29. The zero-order valence-electron chi connectivity index (χ0n) is 13.6. The molecule has 1 aromatic carbocycles. The quantitative estimate of drug-likeness (QED) is 0.846. The number of rotatable bonds is 7. The molecule has 0 aliphatic carbocycles. The number of hydrogen-bond acceptors (Lipinski definition) is 6. The molecule has 0 spiro atoms. The minimum Gasteiger partial charge on any atom is -0.490 e. The van der Waals surface area contributed by atoms with E-state index < -0.39 is 0 Å². The fraction of sp³-hybridized carbons (Fsp3) is 0.529. The van der Waals surface area contributed by atoms with Gasteiger partial charge in [0.2, 0.25) is 0 Å². The van der Waals surface area contributed by atoms with Crippen LogP contribution in [0.2, 0.25) is 0 Å². The van der Waals surface area contributed by atoms with Crippen LogP contribution in [0.15, 0.2) is 28.8 Å². The third-order valence-electron chi connectivity index (χ3n) is 4.02. The predicted octanol–water partition coefficient (Wildman–Crippen LogP) is 2.44. The molecule has 6 heteroatoms. The van der Waals surface area contributed by atoms with E-state index in [0.717, 1.165) is 37.2 Å². The Balaban J connectivity index is 1.71. The molecule has 3 rings (SSSR count). The molecule has 0 amide bonds. The molecule has 0 saturated carbocycles. The van der Waals surface area contributed by atoms with E-state index in [9.17, 15) is 0 Å². The lowest BCUT2D eigenvalue weighted by Gasteiger charge is -2.13. The fourth-order valence-electron chi connectivity index (χ4n) is 2.55. The van der Waals surface area contributed by atoms with E-state index in [4.69, 9.17) is 14.0 Å². The number of aromatic nitrogens is 2. The van der Waals surface area contributed by atoms with Crippen LogP contribution in [0.5, 0.6) is 5.75 Å². The van der Waals surface area contributed by atoms with Crippen LogP contribution < -0.4 is 10.1 Å². The van der Waals surface area contributed by atoms with Gasteiger partial charge in [0.15, 0.2) is 5.82 Å². The molecule has 2 unspecified atom stereocenters. The van der Waals surface area contributed by atoms with E-state index in [2.05, 4.69) is 22.4 Å². The second kappa shape index (κ2) is 7.57. The molecule has 2 aromatic rings. The number of nitrogens with one attached hydrogen (secondary N) is 1. The number of benzene rings is 1. The molecule has 0 radical (unpaired) electrons. The average Bonchev–Trinajstić information content (AvgIpc) is 3.25. The molecular formula is C17H23N3O3. The van der Waals surface area contributed by atoms with Crippen LogP contribution in [0.4, 0.5) is 0 Å². The van der Waals surface area contributed by atoms with Crippen molar-refractivity contribution in [2.24, 2.45) is 0 Å². The zero-order chi connectivity index (χ0) is 16.1. The van der Waals surface area contributed by atoms with Crippen molar-refractivity contribution in [1.29, 1.82) is 0 Å². The summed E-state index contributed by atoms with van der Waals surface area (Å²) in [5.74, 6) is 1.93. The number of likely N-dealkylation sites (N-methyl/N-ethyl adjacent to an activating group) is 1. The van der Waals surface area contributed by atoms with Gasteiger partial charge in [-0.05, 0) is 38.9 Å². The van der Waals surface area contributed by atoms with Crippen molar-refractivity contribution in [1.82, 2.24) is 15.5 Å². The minimum absolute atomic E-state index is 0.179. The lowest BCUT2D eigenvalue weighted by atomic mass is 10.2. The smallest absolute Gasteiger partial charge is 0.261 e. The maximum Gasteiger partial charge on any atom is 0.261 e. The van der Waals surface area contributed by atoms with E-state index >= 15 is 0 Å². The van der Waals surface area contributed by atoms with Crippen molar-refractivity contribution in [2.45, 2.75) is 38.3 Å². The van der Waals surface area contributed by atoms with Crippen LogP contribution in [-0.4, -0.2) is 42.5 Å². The highest BCUT2D eigenvalue weighted by molar-refractivity contribution is 5.62. The van der Waals surface area contributed by atoms with Crippen LogP contribution in [0.3, 0.4) is 0 Å². The summed E-state index contributed by atoms with van der Waals surface area (Å²) in [6.07, 6.45) is 3.05. The van der Waals surface area contributed by atoms with Gasteiger partial charge >= 0.3 is 0 Å². The number of nitrogens with zero attached hydrogens (tertiary/aromatic N) is 2. The van der Waals surface area contributed by atoms with E-state index in [1.807, 2.05) is 31.3 Å². The van der Waals surface area contributed by atoms with E-state index in [1.54, 1.807) is 0 Å². The first-order chi connectivity index (χ1) is 11.3. The maximum absolute atomic E-state index is 5.92. The van der Waals surface area contributed by atoms with Gasteiger partial charge < -0.3 is 19.3 Å². The fourth-order valence-corrected chi connectivity index (χ4v) is 2.55. The van der Waals surface area contributed by atoms with Crippen molar-refractivity contribution in [3.05, 3.63) is 30.1 Å². The summed E-state index contributed by atoms with van der Waals surface area (Å²) in [4.78, 5) is 4.48. The second-order valence-corrected chi connectivity index (χ2v) is 5.85. The summed E-state index contributed by atoms with van der Waals surface area (Å²) in [7, 11) is 1.92. The van der Waals surface area contributed by atoms with E-state index in [0.29, 0.717) is 24.4 Å². The van der Waals surface area contributed by atoms with Crippen molar-refractivity contribution < 1.29 is 14.0 Å². The first kappa shape index (κ1) is 16.0. The van der Waals surface area contributed by atoms with Gasteiger partial charge in [0.05, 0.1) is 11.7 Å². The highest BCUT2D eigenvalue weighted by Gasteiger charge is 2.19. The standard InChI is InChI=1S/C17H23N3O3/c1-12(18-2)10-16-19-17(23-20-16)14-7-3-4-8-15(14)22-11-13-6-5-9-21-13/h3-4,7-8,12-13,18H,5-6,9-11H2,1-2H3. The van der Waals surface area contributed by atoms with Gasteiger partial charge in [-0.3, -0.25) is 0 Å². The lowest BCUT2D eigenvalue weighted by molar-refractivity contribution is 0.0681. The van der Waals surface area contributed by atoms with Gasteiger partial charge in [-0.15, -0.1) is 0 Å². The molecule has 1 saturated heterocycles. The van der Waals surface area contributed by atoms with E-state index in [-0.39, 0.29) is 6.10 Å². The molecule has 124 valence electrons. The Hall–Kier alpha value is -1.92. The molecular weight excluding hydrogens is 294 g/mol. The van der Waals surface area contributed by atoms with E-state index in [1.165, 1.54) is 0 Å². The van der Waals surface area contributed by atoms with Crippen LogP contribution in [0.25, 0.3) is 11.5 Å². The highest BCUT2D eigenvalue weighted by atomic mass is 16.5. The third kappa shape index (κ3) is 4.09. The number of hydrogen-bond donors (Lipinski definition) is 1. The predicted molar refractivity (Wildman–Crippen MR) is 86.4 cm³/mol. The summed E-state index contributed by atoms with van der Waals surface area (Å²) in [6.45, 7) is 3.45. The van der Waals surface area contributed by atoms with Crippen LogP contribution in [-0.2, 0) is 11.2 Å². The molecule has 1 N–H and O–H groups in total. The lowest BCUT2D eigenvalue weighted by Crippen LogP contribution is -2.24. The minimum atomic E-state index is 0.179. The maximum atomic E-state index is 5.92. The molecule has 2 heterocycles. The average molecular weight is 317 g/mol. The van der Waals surface area contributed by atoms with Crippen LogP contribution >= 0.6 is 0 Å². The number of ether oxygens (including phenoxy) is 2. The monoisotopic (exact) mass is 317 g/mol. The van der Waals surface area contributed by atoms with Gasteiger partial charge in [0, 0.05) is 19.1 Å². The normalized spacial score (nSPS) is 19.0. The van der Waals surface area contributed by atoms with Crippen molar-refractivity contribution >= 4 is 0 Å². The summed E-state index contributed by atoms with van der Waals surface area (Å²) in [5, 5.41) is 7.22. The Morgan fingerprint density at radius 2 is 2.26 bits per heavy atom. The summed E-state index contributed by atoms with van der Waals surface area (Å²) < 4.78 is 16.9. The van der Waals surface area contributed by atoms with Gasteiger partial charge in [-0.25, -0.2) is 0 Å². The second-order valence-electron chi connectivity index (χ2n) is 5.85. The molecule has 6 nitrogen and oxygen atoms in total. The molecule has 1 aromatic heterocycles. The molecule has 1 aliphatic rings. The Kier molecular flexibility index (Phi) is 5.25. The van der Waals surface area contributed by atoms with Crippen LogP contribution in [0.1, 0.15) is 25.6 Å². The molecule has 23 heavy (non-hydrogen) atoms. The van der Waals surface area contributed by atoms with Gasteiger partial charge in [0.1, 0.15) is 12.4 Å². The third-order valence-corrected chi connectivity index (χ3v) is 4.02. The van der Waals surface area contributed by atoms with Crippen molar-refractivity contribution in [2.75, 3.05) is 20.3 Å². The zero-order valence-corrected chi connectivity index (χ0v) is 13.6. The topological polar surface area (TPSA) is 69.4 Å². The first-order valence-corrected chi connectivity index (χ1v) is 8.10. The molecule has 0 bridgehead atoms. The summed E-state index contributed by atoms with van der Waals surface area (Å²) >= 11 is 0. The Morgan fingerprint density at radius 3 is 3.04 bits per heavy atom. The number of para-hydroxylation sites is 1. The SMILES string of the molecule is CNC(C)Cc1noc(-c2ccccc2OCC2CCCO2)n1. The summed E-state index contributed by atoms with van der Waals surface area (Å²) in [6, 6.07) is 8.03. The molecule has 1 fully saturated rings. The molecule has 1 aliphatic heterocycles. The Morgan fingerprint density at radius 1 is 1.39 bits per heavy atom. The Labute approximate surface area is 136 Å². The van der Waals surface area contributed by atoms with Gasteiger partial charge in [-0.1, -0.05) is 17.3 Å². The van der Waals surface area contributed by atoms with Gasteiger partial charge in [0.25, 0.3) is 5.89 Å². The molecule has 2 atom stereocenters. The van der Waals surface area contributed by atoms with Crippen molar-refractivity contribution in [3.8, 4) is 17.2 Å². The first-order valence-electron chi connectivity index (χ1n) is 8.10. The van der Waals surface area contributed by atoms with Crippen LogP contribution in [0, 0.1) is 0 Å². The van der Waals surface area contributed by atoms with Gasteiger partial charge in [-0.2, -0.15) is 4.98 Å². The largest absolute Gasteiger partial charge is 0.490 e.